The molecule has 2 atom stereocenters. The van der Waals surface area contributed by atoms with Gasteiger partial charge in [-0.05, 0) is 19.3 Å². The van der Waals surface area contributed by atoms with Crippen molar-refractivity contribution in [2.45, 2.75) is 38.3 Å². The van der Waals surface area contributed by atoms with Gasteiger partial charge in [-0.15, -0.1) is 0 Å². The summed E-state index contributed by atoms with van der Waals surface area (Å²) in [6.07, 6.45) is 1.52. The van der Waals surface area contributed by atoms with Gasteiger partial charge in [-0.25, -0.2) is 9.59 Å². The summed E-state index contributed by atoms with van der Waals surface area (Å²) in [5, 5.41) is 11.2. The SMILES string of the molecule is CC[C@@H](NC(=O)N1CCCC1C(N)=O)C(=O)O. The lowest BCUT2D eigenvalue weighted by atomic mass is 10.2. The van der Waals surface area contributed by atoms with Crippen LogP contribution in [0.1, 0.15) is 26.2 Å². The van der Waals surface area contributed by atoms with Gasteiger partial charge in [-0.1, -0.05) is 6.92 Å². The van der Waals surface area contributed by atoms with Crippen molar-refractivity contribution in [1.29, 1.82) is 0 Å². The van der Waals surface area contributed by atoms with Crippen LogP contribution in [0.15, 0.2) is 0 Å². The highest BCUT2D eigenvalue weighted by molar-refractivity contribution is 5.88. The van der Waals surface area contributed by atoms with E-state index < -0.39 is 30.0 Å². The average Bonchev–Trinajstić information content (AvgIpc) is 2.73. The predicted molar refractivity (Wildman–Crippen MR) is 59.2 cm³/mol. The number of carbonyl (C=O) groups excluding carboxylic acids is 2. The second-order valence-electron chi connectivity index (χ2n) is 4.00. The van der Waals surface area contributed by atoms with Gasteiger partial charge < -0.3 is 21.1 Å². The minimum absolute atomic E-state index is 0.288. The van der Waals surface area contributed by atoms with E-state index in [1.165, 1.54) is 4.90 Å². The molecule has 1 aliphatic heterocycles. The monoisotopic (exact) mass is 243 g/mol. The fraction of sp³-hybridized carbons (Fsp3) is 0.700. The van der Waals surface area contributed by atoms with Crippen molar-refractivity contribution in [2.75, 3.05) is 6.54 Å². The molecule has 4 N–H and O–H groups in total. The molecule has 1 heterocycles. The highest BCUT2D eigenvalue weighted by atomic mass is 16.4. The Kier molecular flexibility index (Phi) is 4.30. The lowest BCUT2D eigenvalue weighted by Crippen LogP contribution is -2.52. The van der Waals surface area contributed by atoms with Crippen molar-refractivity contribution >= 4 is 17.9 Å². The van der Waals surface area contributed by atoms with Crippen molar-refractivity contribution in [3.05, 3.63) is 0 Å². The smallest absolute Gasteiger partial charge is 0.326 e. The van der Waals surface area contributed by atoms with Crippen LogP contribution < -0.4 is 11.1 Å². The molecule has 1 rings (SSSR count). The first-order chi connectivity index (χ1) is 7.97. The summed E-state index contributed by atoms with van der Waals surface area (Å²) in [7, 11) is 0. The third-order valence-electron chi connectivity index (χ3n) is 2.85. The molecule has 3 amide bonds. The minimum Gasteiger partial charge on any atom is -0.480 e. The van der Waals surface area contributed by atoms with Gasteiger partial charge >= 0.3 is 12.0 Å². The quantitative estimate of drug-likeness (QED) is 0.618. The molecule has 0 aromatic carbocycles. The molecule has 1 unspecified atom stereocenters. The standard InChI is InChI=1S/C10H17N3O4/c1-2-6(9(15)16)12-10(17)13-5-3-4-7(13)8(11)14/h6-7H,2-5H2,1H3,(H2,11,14)(H,12,17)(H,15,16)/t6-,7?/m1/s1. The predicted octanol–water partition coefficient (Wildman–Crippen LogP) is -0.491. The molecule has 0 radical (unpaired) electrons. The lowest BCUT2D eigenvalue weighted by molar-refractivity contribution is -0.139. The molecule has 1 aliphatic rings. The maximum atomic E-state index is 11.8. The van der Waals surface area contributed by atoms with Crippen LogP contribution in [0.5, 0.6) is 0 Å². The molecule has 0 aromatic heterocycles. The molecule has 1 saturated heterocycles. The van der Waals surface area contributed by atoms with Crippen molar-refractivity contribution in [1.82, 2.24) is 10.2 Å². The summed E-state index contributed by atoms with van der Waals surface area (Å²) in [5.74, 6) is -1.64. The zero-order chi connectivity index (χ0) is 13.0. The second-order valence-corrected chi connectivity index (χ2v) is 4.00. The number of rotatable bonds is 4. The number of carbonyl (C=O) groups is 3. The molecule has 0 bridgehead atoms. The molecule has 1 fully saturated rings. The summed E-state index contributed by atoms with van der Waals surface area (Å²) < 4.78 is 0. The van der Waals surface area contributed by atoms with Crippen molar-refractivity contribution in [3.8, 4) is 0 Å². The average molecular weight is 243 g/mol. The number of urea groups is 1. The van der Waals surface area contributed by atoms with Crippen LogP contribution in [-0.2, 0) is 9.59 Å². The molecular formula is C10H17N3O4. The number of primary amides is 1. The Labute approximate surface area is 98.9 Å². The van der Waals surface area contributed by atoms with Crippen LogP contribution in [0.4, 0.5) is 4.79 Å². The highest BCUT2D eigenvalue weighted by Gasteiger charge is 2.34. The third kappa shape index (κ3) is 3.08. The molecule has 96 valence electrons. The molecule has 7 heteroatoms. The summed E-state index contributed by atoms with van der Waals surface area (Å²) in [4.78, 5) is 34.9. The van der Waals surface area contributed by atoms with Crippen LogP contribution in [0.2, 0.25) is 0 Å². The number of carboxylic acid groups (broad SMARTS) is 1. The first-order valence-electron chi connectivity index (χ1n) is 5.56. The number of likely N-dealkylation sites (tertiary alicyclic amines) is 1. The fourth-order valence-electron chi connectivity index (χ4n) is 1.88. The number of aliphatic carboxylic acids is 1. The Bertz CT molecular complexity index is 332. The van der Waals surface area contributed by atoms with E-state index in [0.29, 0.717) is 19.4 Å². The van der Waals surface area contributed by atoms with Gasteiger partial charge in [0, 0.05) is 6.54 Å². The van der Waals surface area contributed by atoms with Gasteiger partial charge in [0.05, 0.1) is 0 Å². The van der Waals surface area contributed by atoms with Crippen LogP contribution in [0.3, 0.4) is 0 Å². The third-order valence-corrected chi connectivity index (χ3v) is 2.85. The molecule has 0 aliphatic carbocycles. The number of hydrogen-bond donors (Lipinski definition) is 3. The number of carboxylic acids is 1. The van der Waals surface area contributed by atoms with E-state index in [1.807, 2.05) is 0 Å². The van der Waals surface area contributed by atoms with Crippen LogP contribution in [-0.4, -0.2) is 46.5 Å². The highest BCUT2D eigenvalue weighted by Crippen LogP contribution is 2.16. The van der Waals surface area contributed by atoms with E-state index in [1.54, 1.807) is 6.92 Å². The maximum absolute atomic E-state index is 11.8. The summed E-state index contributed by atoms with van der Waals surface area (Å²) >= 11 is 0. The van der Waals surface area contributed by atoms with Crippen molar-refractivity contribution in [3.63, 3.8) is 0 Å². The number of nitrogens with one attached hydrogen (secondary N) is 1. The Morgan fingerprint density at radius 1 is 1.53 bits per heavy atom. The minimum atomic E-state index is -1.09. The molecule has 0 saturated carbocycles. The Hall–Kier alpha value is -1.79. The molecule has 17 heavy (non-hydrogen) atoms. The Morgan fingerprint density at radius 3 is 2.65 bits per heavy atom. The van der Waals surface area contributed by atoms with E-state index in [4.69, 9.17) is 10.8 Å². The number of nitrogens with two attached hydrogens (primary N) is 1. The fourth-order valence-corrected chi connectivity index (χ4v) is 1.88. The van der Waals surface area contributed by atoms with Gasteiger partial charge in [0.15, 0.2) is 0 Å². The van der Waals surface area contributed by atoms with E-state index in [-0.39, 0.29) is 6.42 Å². The Morgan fingerprint density at radius 2 is 2.18 bits per heavy atom. The van der Waals surface area contributed by atoms with E-state index >= 15 is 0 Å². The number of amides is 3. The summed E-state index contributed by atoms with van der Waals surface area (Å²) in [5.41, 5.74) is 5.17. The lowest BCUT2D eigenvalue weighted by Gasteiger charge is -2.24. The Balaban J connectivity index is 2.63. The van der Waals surface area contributed by atoms with Gasteiger partial charge in [0.2, 0.25) is 5.91 Å². The zero-order valence-electron chi connectivity index (χ0n) is 9.68. The molecule has 0 aromatic rings. The first kappa shape index (κ1) is 13.3. The van der Waals surface area contributed by atoms with E-state index in [9.17, 15) is 14.4 Å². The van der Waals surface area contributed by atoms with Gasteiger partial charge in [0.25, 0.3) is 0 Å². The number of nitrogens with zero attached hydrogens (tertiary/aromatic N) is 1. The van der Waals surface area contributed by atoms with E-state index in [0.717, 1.165) is 0 Å². The molecule has 7 nitrogen and oxygen atoms in total. The largest absolute Gasteiger partial charge is 0.480 e. The summed E-state index contributed by atoms with van der Waals surface area (Å²) in [6.45, 7) is 2.09. The molecule has 0 spiro atoms. The summed E-state index contributed by atoms with van der Waals surface area (Å²) in [6, 6.07) is -2.10. The maximum Gasteiger partial charge on any atom is 0.326 e. The van der Waals surface area contributed by atoms with Crippen LogP contribution in [0.25, 0.3) is 0 Å². The van der Waals surface area contributed by atoms with Crippen LogP contribution in [0, 0.1) is 0 Å². The molecular weight excluding hydrogens is 226 g/mol. The van der Waals surface area contributed by atoms with E-state index in [2.05, 4.69) is 5.32 Å². The van der Waals surface area contributed by atoms with Crippen molar-refractivity contribution in [2.24, 2.45) is 5.73 Å². The van der Waals surface area contributed by atoms with Crippen LogP contribution >= 0.6 is 0 Å². The van der Waals surface area contributed by atoms with Gasteiger partial charge in [-0.3, -0.25) is 4.79 Å². The van der Waals surface area contributed by atoms with Crippen molar-refractivity contribution < 1.29 is 19.5 Å². The normalized spacial score (nSPS) is 21.0. The van der Waals surface area contributed by atoms with Gasteiger partial charge in [-0.2, -0.15) is 0 Å². The first-order valence-corrected chi connectivity index (χ1v) is 5.56. The topological polar surface area (TPSA) is 113 Å². The van der Waals surface area contributed by atoms with Gasteiger partial charge in [0.1, 0.15) is 12.1 Å². The zero-order valence-corrected chi connectivity index (χ0v) is 9.68. The number of hydrogen-bond acceptors (Lipinski definition) is 3. The second kappa shape index (κ2) is 5.51.